The molecule has 2 aliphatic rings. The van der Waals surface area contributed by atoms with E-state index in [9.17, 15) is 0 Å². The van der Waals surface area contributed by atoms with E-state index in [0.29, 0.717) is 29.6 Å². The van der Waals surface area contributed by atoms with Crippen LogP contribution in [0, 0.1) is 5.92 Å². The molecule has 2 aliphatic heterocycles. The number of nitrogens with two attached hydrogens (primary N) is 1. The van der Waals surface area contributed by atoms with E-state index in [-0.39, 0.29) is 5.96 Å². The largest absolute Gasteiger partial charge is 0.494 e. The van der Waals surface area contributed by atoms with Crippen LogP contribution in [0.5, 0.6) is 5.75 Å². The predicted octanol–water partition coefficient (Wildman–Crippen LogP) is 2.10. The third kappa shape index (κ3) is 5.31. The molecule has 1 aromatic carbocycles. The monoisotopic (exact) mass is 466 g/mol. The highest BCUT2D eigenvalue weighted by Crippen LogP contribution is 2.39. The number of hydrogen-bond donors (Lipinski definition) is 2. The standard InChI is InChI=1S/C23H31N8OP/c1-15(29-31-16(2)19-5-4-6-20(32-3)21(19)28-22(31)24)11-25-12-17-7-9-30(10-8-17)23-26-13-18(33)14-27-23/h4-6,13-14,17,25H,2,7-12,33H2,1,3H3,(H2,24,28)/b29-15+. The average molecular weight is 467 g/mol. The maximum absolute atomic E-state index is 6.19. The van der Waals surface area contributed by atoms with E-state index in [1.54, 1.807) is 12.1 Å². The fourth-order valence-corrected chi connectivity index (χ4v) is 4.21. The number of piperidine rings is 1. The second kappa shape index (κ2) is 10.3. The van der Waals surface area contributed by atoms with E-state index in [0.717, 1.165) is 55.0 Å². The van der Waals surface area contributed by atoms with Crippen LogP contribution in [0.25, 0.3) is 5.70 Å². The van der Waals surface area contributed by atoms with Gasteiger partial charge in [0.15, 0.2) is 0 Å². The Morgan fingerprint density at radius 2 is 2.03 bits per heavy atom. The summed E-state index contributed by atoms with van der Waals surface area (Å²) >= 11 is 0. The molecule has 1 unspecified atom stereocenters. The maximum Gasteiger partial charge on any atom is 0.225 e. The number of guanidine groups is 1. The number of anilines is 1. The van der Waals surface area contributed by atoms with Crippen LogP contribution in [0.15, 0.2) is 47.3 Å². The summed E-state index contributed by atoms with van der Waals surface area (Å²) in [6.07, 6.45) is 5.89. The molecule has 0 bridgehead atoms. The number of para-hydroxylation sites is 1. The second-order valence-electron chi connectivity index (χ2n) is 8.30. The van der Waals surface area contributed by atoms with Crippen molar-refractivity contribution in [2.45, 2.75) is 19.8 Å². The summed E-state index contributed by atoms with van der Waals surface area (Å²) in [5.74, 6) is 2.38. The van der Waals surface area contributed by atoms with Gasteiger partial charge in [0.25, 0.3) is 0 Å². The van der Waals surface area contributed by atoms with Gasteiger partial charge in [0.2, 0.25) is 11.9 Å². The molecule has 0 saturated carbocycles. The van der Waals surface area contributed by atoms with Crippen LogP contribution < -0.4 is 26.0 Å². The number of hydrazone groups is 1. The summed E-state index contributed by atoms with van der Waals surface area (Å²) in [7, 11) is 4.23. The molecule has 1 aromatic heterocycles. The van der Waals surface area contributed by atoms with Gasteiger partial charge in [0.05, 0.1) is 12.8 Å². The normalized spacial score (nSPS) is 17.1. The summed E-state index contributed by atoms with van der Waals surface area (Å²) in [6.45, 7) is 9.70. The average Bonchev–Trinajstić information content (AvgIpc) is 2.82. The Bertz CT molecular complexity index is 1060. The lowest BCUT2D eigenvalue weighted by Gasteiger charge is -2.32. The van der Waals surface area contributed by atoms with E-state index >= 15 is 0 Å². The smallest absolute Gasteiger partial charge is 0.225 e. The Balaban J connectivity index is 1.28. The lowest BCUT2D eigenvalue weighted by atomic mass is 9.97. The number of benzene rings is 1. The minimum atomic E-state index is 0.278. The van der Waals surface area contributed by atoms with Crippen LogP contribution in [0.4, 0.5) is 11.6 Å². The molecule has 1 fully saturated rings. The molecular weight excluding hydrogens is 435 g/mol. The van der Waals surface area contributed by atoms with Crippen LogP contribution in [-0.2, 0) is 0 Å². The van der Waals surface area contributed by atoms with Crippen LogP contribution in [-0.4, -0.2) is 59.9 Å². The zero-order valence-electron chi connectivity index (χ0n) is 19.2. The van der Waals surface area contributed by atoms with Crippen LogP contribution in [0.3, 0.4) is 0 Å². The zero-order valence-corrected chi connectivity index (χ0v) is 20.3. The van der Waals surface area contributed by atoms with Crippen molar-refractivity contribution in [3.63, 3.8) is 0 Å². The predicted molar refractivity (Wildman–Crippen MR) is 137 cm³/mol. The number of aliphatic imine (C=N–C) groups is 1. The van der Waals surface area contributed by atoms with Crippen molar-refractivity contribution in [1.82, 2.24) is 20.3 Å². The van der Waals surface area contributed by atoms with E-state index < -0.39 is 0 Å². The number of hydrogen-bond acceptors (Lipinski definition) is 9. The van der Waals surface area contributed by atoms with Gasteiger partial charge in [-0.1, -0.05) is 18.7 Å². The van der Waals surface area contributed by atoms with Crippen molar-refractivity contribution in [3.8, 4) is 5.75 Å². The number of aromatic nitrogens is 2. The summed E-state index contributed by atoms with van der Waals surface area (Å²) in [4.78, 5) is 15.6. The van der Waals surface area contributed by atoms with Gasteiger partial charge in [-0.15, -0.1) is 9.24 Å². The van der Waals surface area contributed by atoms with E-state index in [2.05, 4.69) is 46.1 Å². The fraction of sp³-hybridized carbons (Fsp3) is 0.391. The topological polar surface area (TPSA) is 104 Å². The molecule has 174 valence electrons. The third-order valence-electron chi connectivity index (χ3n) is 5.87. The molecule has 0 spiro atoms. The minimum absolute atomic E-state index is 0.278. The number of rotatable bonds is 7. The van der Waals surface area contributed by atoms with Gasteiger partial charge < -0.3 is 20.7 Å². The number of ether oxygens (including phenoxy) is 1. The minimum Gasteiger partial charge on any atom is -0.494 e. The number of nitrogens with zero attached hydrogens (tertiary/aromatic N) is 6. The molecular formula is C23H31N8OP. The summed E-state index contributed by atoms with van der Waals surface area (Å²) in [6, 6.07) is 5.71. The van der Waals surface area contributed by atoms with Crippen LogP contribution >= 0.6 is 9.24 Å². The summed E-state index contributed by atoms with van der Waals surface area (Å²) in [5, 5.41) is 10.8. The lowest BCUT2D eigenvalue weighted by molar-refractivity contribution is 0.387. The van der Waals surface area contributed by atoms with Crippen LogP contribution in [0.1, 0.15) is 25.3 Å². The van der Waals surface area contributed by atoms with E-state index in [1.807, 2.05) is 37.5 Å². The number of nitrogens with one attached hydrogen (secondary N) is 1. The summed E-state index contributed by atoms with van der Waals surface area (Å²) in [5.41, 5.74) is 9.32. The quantitative estimate of drug-likeness (QED) is 0.476. The van der Waals surface area contributed by atoms with Crippen molar-refractivity contribution in [1.29, 1.82) is 0 Å². The van der Waals surface area contributed by atoms with Gasteiger partial charge in [0, 0.05) is 48.6 Å². The molecule has 1 atom stereocenters. The molecule has 0 radical (unpaired) electrons. The van der Waals surface area contributed by atoms with Crippen molar-refractivity contribution in [3.05, 3.63) is 42.7 Å². The second-order valence-corrected chi connectivity index (χ2v) is 8.96. The third-order valence-corrected chi connectivity index (χ3v) is 6.17. The van der Waals surface area contributed by atoms with Gasteiger partial charge in [-0.3, -0.25) is 0 Å². The molecule has 0 amide bonds. The number of methoxy groups -OCH3 is 1. The number of fused-ring (bicyclic) bond motifs is 1. The molecule has 3 heterocycles. The van der Waals surface area contributed by atoms with Crippen molar-refractivity contribution in [2.75, 3.05) is 38.2 Å². The first kappa shape index (κ1) is 23.1. The fourth-order valence-electron chi connectivity index (χ4n) is 4.06. The molecule has 0 aliphatic carbocycles. The molecule has 2 aromatic rings. The van der Waals surface area contributed by atoms with Gasteiger partial charge in [-0.25, -0.2) is 20.0 Å². The van der Waals surface area contributed by atoms with Crippen molar-refractivity contribution in [2.24, 2.45) is 21.7 Å². The van der Waals surface area contributed by atoms with Gasteiger partial charge in [-0.2, -0.15) is 5.10 Å². The molecule has 3 N–H and O–H groups in total. The maximum atomic E-state index is 6.19. The molecule has 9 nitrogen and oxygen atoms in total. The first-order valence-electron chi connectivity index (χ1n) is 11.0. The Kier molecular flexibility index (Phi) is 7.20. The Morgan fingerprint density at radius 3 is 2.73 bits per heavy atom. The first-order chi connectivity index (χ1) is 16.0. The lowest BCUT2D eigenvalue weighted by Crippen LogP contribution is -2.39. The highest BCUT2D eigenvalue weighted by atomic mass is 31.0. The Morgan fingerprint density at radius 1 is 1.30 bits per heavy atom. The molecule has 1 saturated heterocycles. The van der Waals surface area contributed by atoms with E-state index in [4.69, 9.17) is 10.5 Å². The van der Waals surface area contributed by atoms with E-state index in [1.165, 1.54) is 0 Å². The van der Waals surface area contributed by atoms with Crippen LogP contribution in [0.2, 0.25) is 0 Å². The Hall–Kier alpha value is -3.03. The van der Waals surface area contributed by atoms with Gasteiger partial charge in [0.1, 0.15) is 11.4 Å². The highest BCUT2D eigenvalue weighted by Gasteiger charge is 2.24. The van der Waals surface area contributed by atoms with Crippen molar-refractivity contribution >= 4 is 43.5 Å². The SMILES string of the molecule is C=C1c2cccc(OC)c2N=C(N)N1/N=C(\C)CNCC1CCN(c2ncc(P)cn2)CC1. The molecule has 4 rings (SSSR count). The molecule has 10 heteroatoms. The van der Waals surface area contributed by atoms with Crippen molar-refractivity contribution < 1.29 is 4.74 Å². The summed E-state index contributed by atoms with van der Waals surface area (Å²) < 4.78 is 5.39. The zero-order chi connectivity index (χ0) is 23.4. The highest BCUT2D eigenvalue weighted by molar-refractivity contribution is 7.27. The van der Waals surface area contributed by atoms with Gasteiger partial charge in [-0.05, 0) is 38.3 Å². The molecule has 33 heavy (non-hydrogen) atoms. The first-order valence-corrected chi connectivity index (χ1v) is 11.6. The Labute approximate surface area is 197 Å². The van der Waals surface area contributed by atoms with Gasteiger partial charge >= 0.3 is 0 Å².